The van der Waals surface area contributed by atoms with Gasteiger partial charge in [0.05, 0.1) is 17.1 Å². The van der Waals surface area contributed by atoms with Crippen LogP contribution in [0.15, 0.2) is 42.0 Å². The van der Waals surface area contributed by atoms with Gasteiger partial charge in [0.25, 0.3) is 5.91 Å². The number of allylic oxidation sites excluding steroid dienone is 1. The van der Waals surface area contributed by atoms with Crippen LogP contribution in [-0.4, -0.2) is 40.8 Å². The second-order valence-corrected chi connectivity index (χ2v) is 7.53. The molecule has 0 bridgehead atoms. The Labute approximate surface area is 181 Å². The number of aromatic nitrogens is 2. The molecule has 1 heterocycles. The number of imide groups is 1. The quantitative estimate of drug-likeness (QED) is 0.524. The summed E-state index contributed by atoms with van der Waals surface area (Å²) in [5, 5.41) is 9.23. The molecule has 164 valence electrons. The molecular formula is C23H28N4O4. The predicted molar refractivity (Wildman–Crippen MR) is 116 cm³/mol. The Balaban J connectivity index is 1.47. The van der Waals surface area contributed by atoms with Crippen LogP contribution in [0.2, 0.25) is 0 Å². The van der Waals surface area contributed by atoms with Crippen molar-refractivity contribution in [3.05, 3.63) is 58.9 Å². The summed E-state index contributed by atoms with van der Waals surface area (Å²) in [6.07, 6.45) is 7.56. The maximum Gasteiger partial charge on any atom is 0.342 e. The summed E-state index contributed by atoms with van der Waals surface area (Å²) in [5.41, 5.74) is 3.58. The van der Waals surface area contributed by atoms with Crippen molar-refractivity contribution in [1.82, 2.24) is 20.4 Å². The minimum atomic E-state index is -0.687. The third-order valence-electron chi connectivity index (χ3n) is 5.20. The van der Waals surface area contributed by atoms with Crippen LogP contribution in [0.25, 0.3) is 5.69 Å². The highest BCUT2D eigenvalue weighted by atomic mass is 16.5. The summed E-state index contributed by atoms with van der Waals surface area (Å²) in [6, 6.07) is 8.82. The number of para-hydroxylation sites is 1. The molecule has 0 fully saturated rings. The Morgan fingerprint density at radius 3 is 2.61 bits per heavy atom. The number of urea groups is 1. The zero-order valence-electron chi connectivity index (χ0n) is 17.9. The Morgan fingerprint density at radius 1 is 1.13 bits per heavy atom. The fourth-order valence-electron chi connectivity index (χ4n) is 3.64. The minimum absolute atomic E-state index is 0.307. The lowest BCUT2D eigenvalue weighted by atomic mass is 9.97. The Bertz CT molecular complexity index is 979. The second-order valence-electron chi connectivity index (χ2n) is 7.53. The molecule has 0 unspecified atom stereocenters. The standard InChI is InChI=1S/C23H28N4O4/c1-16-21(17(2)27(26-16)19-11-7-4-8-12-19)22(29)31-15-20(28)25-23(30)24-14-13-18-9-5-3-6-10-18/h4,7-9,11-12H,3,5-6,10,13-15H2,1-2H3,(H2,24,25,28,30). The van der Waals surface area contributed by atoms with Crippen LogP contribution in [0.3, 0.4) is 0 Å². The number of benzene rings is 1. The van der Waals surface area contributed by atoms with Crippen LogP contribution < -0.4 is 10.6 Å². The van der Waals surface area contributed by atoms with Crippen LogP contribution >= 0.6 is 0 Å². The van der Waals surface area contributed by atoms with Crippen LogP contribution in [-0.2, 0) is 9.53 Å². The van der Waals surface area contributed by atoms with Crippen molar-refractivity contribution in [2.75, 3.05) is 13.2 Å². The molecule has 31 heavy (non-hydrogen) atoms. The molecule has 0 saturated carbocycles. The van der Waals surface area contributed by atoms with Crippen LogP contribution in [0.1, 0.15) is 53.8 Å². The van der Waals surface area contributed by atoms with Gasteiger partial charge in [-0.15, -0.1) is 0 Å². The normalized spacial score (nSPS) is 13.3. The first-order valence-corrected chi connectivity index (χ1v) is 10.5. The third-order valence-corrected chi connectivity index (χ3v) is 5.20. The molecule has 0 radical (unpaired) electrons. The summed E-state index contributed by atoms with van der Waals surface area (Å²) < 4.78 is 6.76. The molecule has 0 aliphatic heterocycles. The third kappa shape index (κ3) is 6.04. The maximum atomic E-state index is 12.5. The summed E-state index contributed by atoms with van der Waals surface area (Å²) >= 11 is 0. The van der Waals surface area contributed by atoms with Crippen molar-refractivity contribution >= 4 is 17.9 Å². The summed E-state index contributed by atoms with van der Waals surface area (Å²) in [4.78, 5) is 36.3. The highest BCUT2D eigenvalue weighted by Crippen LogP contribution is 2.20. The van der Waals surface area contributed by atoms with Gasteiger partial charge in [-0.3, -0.25) is 10.1 Å². The van der Waals surface area contributed by atoms with Gasteiger partial charge in [-0.25, -0.2) is 14.3 Å². The topological polar surface area (TPSA) is 102 Å². The van der Waals surface area contributed by atoms with E-state index in [2.05, 4.69) is 21.8 Å². The Hall–Kier alpha value is -3.42. The first-order valence-electron chi connectivity index (χ1n) is 10.5. The molecule has 0 saturated heterocycles. The second kappa shape index (κ2) is 10.6. The lowest BCUT2D eigenvalue weighted by Gasteiger charge is -2.13. The number of esters is 1. The molecule has 0 atom stereocenters. The zero-order valence-corrected chi connectivity index (χ0v) is 17.9. The average molecular weight is 425 g/mol. The number of nitrogens with one attached hydrogen (secondary N) is 2. The number of ether oxygens (including phenoxy) is 1. The van der Waals surface area contributed by atoms with Crippen molar-refractivity contribution in [3.63, 3.8) is 0 Å². The number of nitrogens with zero attached hydrogens (tertiary/aromatic N) is 2. The van der Waals surface area contributed by atoms with Gasteiger partial charge >= 0.3 is 12.0 Å². The molecule has 1 aromatic heterocycles. The highest BCUT2D eigenvalue weighted by Gasteiger charge is 2.22. The van der Waals surface area contributed by atoms with Gasteiger partial charge < -0.3 is 10.1 Å². The first-order chi connectivity index (χ1) is 15.0. The van der Waals surface area contributed by atoms with Gasteiger partial charge in [0, 0.05) is 6.54 Å². The van der Waals surface area contributed by atoms with Gasteiger partial charge in [-0.1, -0.05) is 29.8 Å². The monoisotopic (exact) mass is 424 g/mol. The lowest BCUT2D eigenvalue weighted by molar-refractivity contribution is -0.123. The van der Waals surface area contributed by atoms with Gasteiger partial charge in [0.2, 0.25) is 0 Å². The van der Waals surface area contributed by atoms with E-state index in [0.29, 0.717) is 23.5 Å². The van der Waals surface area contributed by atoms with Crippen molar-refractivity contribution in [2.24, 2.45) is 0 Å². The van der Waals surface area contributed by atoms with Crippen molar-refractivity contribution in [1.29, 1.82) is 0 Å². The molecule has 1 aromatic carbocycles. The van der Waals surface area contributed by atoms with E-state index >= 15 is 0 Å². The summed E-state index contributed by atoms with van der Waals surface area (Å²) in [6.45, 7) is 3.38. The molecule has 8 nitrogen and oxygen atoms in total. The van der Waals surface area contributed by atoms with E-state index in [-0.39, 0.29) is 0 Å². The van der Waals surface area contributed by atoms with Crippen molar-refractivity contribution in [3.8, 4) is 5.69 Å². The van der Waals surface area contributed by atoms with Gasteiger partial charge in [-0.05, 0) is 58.1 Å². The van der Waals surface area contributed by atoms with E-state index in [4.69, 9.17) is 4.74 Å². The first kappa shape index (κ1) is 22.3. The minimum Gasteiger partial charge on any atom is -0.452 e. The molecule has 1 aliphatic carbocycles. The smallest absolute Gasteiger partial charge is 0.342 e. The number of amides is 3. The Kier molecular flexibility index (Phi) is 7.59. The number of carbonyl (C=O) groups is 3. The number of carbonyl (C=O) groups excluding carboxylic acids is 3. The molecule has 8 heteroatoms. The molecule has 1 aliphatic rings. The number of hydrogen-bond donors (Lipinski definition) is 2. The van der Waals surface area contributed by atoms with Crippen LogP contribution in [0, 0.1) is 13.8 Å². The molecule has 0 spiro atoms. The van der Waals surface area contributed by atoms with E-state index in [1.165, 1.54) is 18.4 Å². The number of rotatable bonds is 7. The zero-order chi connectivity index (χ0) is 22.2. The molecular weight excluding hydrogens is 396 g/mol. The predicted octanol–water partition coefficient (Wildman–Crippen LogP) is 3.36. The van der Waals surface area contributed by atoms with E-state index in [1.54, 1.807) is 18.5 Å². The van der Waals surface area contributed by atoms with E-state index in [9.17, 15) is 14.4 Å². The molecule has 3 rings (SSSR count). The number of aryl methyl sites for hydroxylation is 1. The summed E-state index contributed by atoms with van der Waals surface area (Å²) in [7, 11) is 0. The van der Waals surface area contributed by atoms with Gasteiger partial charge in [0.1, 0.15) is 5.56 Å². The van der Waals surface area contributed by atoms with E-state index in [1.807, 2.05) is 30.3 Å². The lowest BCUT2D eigenvalue weighted by Crippen LogP contribution is -2.41. The van der Waals surface area contributed by atoms with Gasteiger partial charge in [0.15, 0.2) is 6.61 Å². The largest absolute Gasteiger partial charge is 0.452 e. The van der Waals surface area contributed by atoms with Crippen LogP contribution in [0.4, 0.5) is 4.79 Å². The number of hydrogen-bond acceptors (Lipinski definition) is 5. The van der Waals surface area contributed by atoms with E-state index < -0.39 is 24.5 Å². The molecule has 2 N–H and O–H groups in total. The fraction of sp³-hybridized carbons (Fsp3) is 0.391. The van der Waals surface area contributed by atoms with Crippen LogP contribution in [0.5, 0.6) is 0 Å². The SMILES string of the molecule is Cc1nn(-c2ccccc2)c(C)c1C(=O)OCC(=O)NC(=O)NCCC1=CCCCC1. The van der Waals surface area contributed by atoms with Crippen molar-refractivity contribution < 1.29 is 19.1 Å². The van der Waals surface area contributed by atoms with Crippen molar-refractivity contribution in [2.45, 2.75) is 46.0 Å². The Morgan fingerprint density at radius 2 is 1.90 bits per heavy atom. The van der Waals surface area contributed by atoms with E-state index in [0.717, 1.165) is 24.9 Å². The molecule has 3 amide bonds. The summed E-state index contributed by atoms with van der Waals surface area (Å²) in [5.74, 6) is -1.34. The van der Waals surface area contributed by atoms with Gasteiger partial charge in [-0.2, -0.15) is 5.10 Å². The average Bonchev–Trinajstić information content (AvgIpc) is 3.07. The molecule has 2 aromatic rings. The maximum absolute atomic E-state index is 12.5. The highest BCUT2D eigenvalue weighted by molar-refractivity contribution is 5.97. The fourth-order valence-corrected chi connectivity index (χ4v) is 3.64.